The van der Waals surface area contributed by atoms with Gasteiger partial charge < -0.3 is 19.3 Å². The molecule has 0 radical (unpaired) electrons. The first-order valence-corrected chi connectivity index (χ1v) is 9.42. The van der Waals surface area contributed by atoms with Crippen LogP contribution >= 0.6 is 0 Å². The molecule has 4 heterocycles. The highest BCUT2D eigenvalue weighted by Crippen LogP contribution is 2.32. The van der Waals surface area contributed by atoms with Crippen LogP contribution in [0.4, 0.5) is 20.5 Å². The van der Waals surface area contributed by atoms with Gasteiger partial charge in [-0.25, -0.2) is 13.8 Å². The molecule has 2 aromatic heterocycles. The van der Waals surface area contributed by atoms with Crippen molar-refractivity contribution in [3.05, 3.63) is 30.1 Å². The predicted molar refractivity (Wildman–Crippen MR) is 101 cm³/mol. The molecule has 0 saturated carbocycles. The smallest absolute Gasteiger partial charge is 0.264 e. The third-order valence-electron chi connectivity index (χ3n) is 5.02. The molecule has 1 atom stereocenters. The quantitative estimate of drug-likeness (QED) is 0.794. The Labute approximate surface area is 162 Å². The lowest BCUT2D eigenvalue weighted by atomic mass is 10.1. The maximum Gasteiger partial charge on any atom is 0.264 e. The molecule has 0 amide bonds. The molecular weight excluding hydrogens is 368 g/mol. The summed E-state index contributed by atoms with van der Waals surface area (Å²) in [4.78, 5) is 17.6. The molecule has 28 heavy (non-hydrogen) atoms. The number of hydrogen-bond donors (Lipinski definition) is 0. The maximum absolute atomic E-state index is 13.6. The molecule has 0 N–H and O–H groups in total. The van der Waals surface area contributed by atoms with Gasteiger partial charge in [-0.05, 0) is 13.0 Å². The van der Waals surface area contributed by atoms with Crippen LogP contribution in [0.15, 0.2) is 24.5 Å². The van der Waals surface area contributed by atoms with Crippen molar-refractivity contribution in [1.82, 2.24) is 15.0 Å². The van der Waals surface area contributed by atoms with Gasteiger partial charge in [0.05, 0.1) is 38.2 Å². The highest BCUT2D eigenvalue weighted by atomic mass is 19.3. The second kappa shape index (κ2) is 8.32. The van der Waals surface area contributed by atoms with E-state index in [4.69, 9.17) is 14.5 Å². The Morgan fingerprint density at radius 3 is 2.64 bits per heavy atom. The average molecular weight is 391 g/mol. The number of morpholine rings is 2. The number of hydrogen-bond acceptors (Lipinski definition) is 7. The number of rotatable bonds is 4. The minimum atomic E-state index is -2.61. The van der Waals surface area contributed by atoms with E-state index in [2.05, 4.69) is 21.8 Å². The summed E-state index contributed by atoms with van der Waals surface area (Å²) in [6.07, 6.45) is 0.213. The van der Waals surface area contributed by atoms with Crippen molar-refractivity contribution in [3.63, 3.8) is 0 Å². The molecule has 2 aliphatic rings. The summed E-state index contributed by atoms with van der Waals surface area (Å²) >= 11 is 0. The second-order valence-electron chi connectivity index (χ2n) is 6.89. The van der Waals surface area contributed by atoms with Crippen molar-refractivity contribution in [2.75, 3.05) is 55.9 Å². The van der Waals surface area contributed by atoms with E-state index in [9.17, 15) is 8.78 Å². The van der Waals surface area contributed by atoms with Crippen molar-refractivity contribution in [3.8, 4) is 11.3 Å². The molecule has 0 aliphatic carbocycles. The van der Waals surface area contributed by atoms with E-state index in [-0.39, 0.29) is 11.6 Å². The molecule has 0 unspecified atom stereocenters. The molecule has 0 bridgehead atoms. The van der Waals surface area contributed by atoms with Gasteiger partial charge in [-0.15, -0.1) is 0 Å². The molecule has 2 saturated heterocycles. The maximum atomic E-state index is 13.6. The number of aromatic nitrogens is 3. The molecule has 2 aromatic rings. The van der Waals surface area contributed by atoms with Crippen molar-refractivity contribution < 1.29 is 18.3 Å². The van der Waals surface area contributed by atoms with Crippen molar-refractivity contribution in [2.45, 2.75) is 19.4 Å². The Balaban J connectivity index is 1.80. The van der Waals surface area contributed by atoms with Crippen molar-refractivity contribution in [1.29, 1.82) is 0 Å². The van der Waals surface area contributed by atoms with Gasteiger partial charge >= 0.3 is 0 Å². The minimum absolute atomic E-state index is 0.0809. The van der Waals surface area contributed by atoms with Gasteiger partial charge in [-0.1, -0.05) is 0 Å². The fourth-order valence-electron chi connectivity index (χ4n) is 3.49. The molecule has 0 spiro atoms. The molecule has 0 aromatic carbocycles. The van der Waals surface area contributed by atoms with Crippen LogP contribution in [-0.4, -0.2) is 67.1 Å². The number of nitrogens with zero attached hydrogens (tertiary/aromatic N) is 5. The third kappa shape index (κ3) is 3.90. The van der Waals surface area contributed by atoms with Crippen LogP contribution in [0, 0.1) is 0 Å². The number of anilines is 2. The van der Waals surface area contributed by atoms with E-state index in [0.717, 1.165) is 0 Å². The molecule has 2 fully saturated rings. The molecule has 9 heteroatoms. The van der Waals surface area contributed by atoms with Gasteiger partial charge in [0, 0.05) is 49.2 Å². The lowest BCUT2D eigenvalue weighted by Crippen LogP contribution is -2.44. The van der Waals surface area contributed by atoms with Crippen LogP contribution in [0.2, 0.25) is 0 Å². The van der Waals surface area contributed by atoms with E-state index in [1.165, 1.54) is 18.5 Å². The molecule has 2 aliphatic heterocycles. The lowest BCUT2D eigenvalue weighted by Gasteiger charge is -2.35. The van der Waals surface area contributed by atoms with Gasteiger partial charge in [0.25, 0.3) is 6.43 Å². The van der Waals surface area contributed by atoms with Gasteiger partial charge in [0.2, 0.25) is 5.95 Å². The van der Waals surface area contributed by atoms with E-state index in [1.807, 2.05) is 4.90 Å². The zero-order valence-corrected chi connectivity index (χ0v) is 15.7. The molecule has 7 nitrogen and oxygen atoms in total. The first-order chi connectivity index (χ1) is 13.6. The largest absolute Gasteiger partial charge is 0.378 e. The zero-order chi connectivity index (χ0) is 19.5. The Kier molecular flexibility index (Phi) is 5.63. The van der Waals surface area contributed by atoms with Gasteiger partial charge in [-0.3, -0.25) is 4.98 Å². The minimum Gasteiger partial charge on any atom is -0.378 e. The number of halogens is 2. The Morgan fingerprint density at radius 1 is 1.11 bits per heavy atom. The van der Waals surface area contributed by atoms with E-state index >= 15 is 0 Å². The summed E-state index contributed by atoms with van der Waals surface area (Å²) < 4.78 is 38.1. The fourth-order valence-corrected chi connectivity index (χ4v) is 3.49. The van der Waals surface area contributed by atoms with Crippen molar-refractivity contribution >= 4 is 11.8 Å². The summed E-state index contributed by atoms with van der Waals surface area (Å²) in [5.74, 6) is 1.24. The van der Waals surface area contributed by atoms with Gasteiger partial charge in [0.1, 0.15) is 5.82 Å². The van der Waals surface area contributed by atoms with Crippen LogP contribution < -0.4 is 9.80 Å². The molecular formula is C19H23F2N5O2. The SMILES string of the molecule is C[C@H]1COCCN1c1cc(-c2cnccc2C(F)F)nc(N2CCOCC2)n1. The first kappa shape index (κ1) is 18.9. The van der Waals surface area contributed by atoms with Gasteiger partial charge in [0.15, 0.2) is 0 Å². The monoisotopic (exact) mass is 391 g/mol. The Bertz CT molecular complexity index is 817. The summed E-state index contributed by atoms with van der Waals surface area (Å²) in [7, 11) is 0. The summed E-state index contributed by atoms with van der Waals surface area (Å²) in [6, 6.07) is 3.25. The fraction of sp³-hybridized carbons (Fsp3) is 0.526. The number of ether oxygens (including phenoxy) is 2. The van der Waals surface area contributed by atoms with Crippen LogP contribution in [0.1, 0.15) is 18.9 Å². The Morgan fingerprint density at radius 2 is 1.89 bits per heavy atom. The van der Waals surface area contributed by atoms with Crippen LogP contribution in [0.5, 0.6) is 0 Å². The standard InChI is InChI=1S/C19H23F2N5O2/c1-13-12-28-9-6-26(13)17-10-16(15-11-22-3-2-14(15)18(20)21)23-19(24-17)25-4-7-27-8-5-25/h2-3,10-11,13,18H,4-9,12H2,1H3/t13-/m0/s1. The van der Waals surface area contributed by atoms with E-state index in [0.29, 0.717) is 69.1 Å². The number of alkyl halides is 2. The second-order valence-corrected chi connectivity index (χ2v) is 6.89. The highest BCUT2D eigenvalue weighted by molar-refractivity contribution is 5.68. The number of pyridine rings is 1. The predicted octanol–water partition coefficient (Wildman–Crippen LogP) is 2.54. The third-order valence-corrected chi connectivity index (χ3v) is 5.02. The Hall–Kier alpha value is -2.39. The zero-order valence-electron chi connectivity index (χ0n) is 15.7. The lowest BCUT2D eigenvalue weighted by molar-refractivity contribution is 0.0985. The van der Waals surface area contributed by atoms with Gasteiger partial charge in [-0.2, -0.15) is 4.98 Å². The molecule has 4 rings (SSSR count). The summed E-state index contributed by atoms with van der Waals surface area (Å²) in [6.45, 7) is 6.46. The average Bonchev–Trinajstić information content (AvgIpc) is 2.74. The van der Waals surface area contributed by atoms with E-state index in [1.54, 1.807) is 6.07 Å². The van der Waals surface area contributed by atoms with Crippen LogP contribution in [0.25, 0.3) is 11.3 Å². The van der Waals surface area contributed by atoms with Crippen LogP contribution in [0.3, 0.4) is 0 Å². The summed E-state index contributed by atoms with van der Waals surface area (Å²) in [5, 5.41) is 0. The highest BCUT2D eigenvalue weighted by Gasteiger charge is 2.25. The first-order valence-electron chi connectivity index (χ1n) is 9.42. The summed E-state index contributed by atoms with van der Waals surface area (Å²) in [5.41, 5.74) is 0.702. The van der Waals surface area contributed by atoms with E-state index < -0.39 is 6.43 Å². The molecule has 150 valence electrons. The topological polar surface area (TPSA) is 63.6 Å². The van der Waals surface area contributed by atoms with Crippen molar-refractivity contribution in [2.24, 2.45) is 0 Å². The normalized spacial score (nSPS) is 20.6. The van der Waals surface area contributed by atoms with Crippen LogP contribution in [-0.2, 0) is 9.47 Å².